The molecule has 0 fully saturated rings. The highest BCUT2D eigenvalue weighted by atomic mass is 35.5. The van der Waals surface area contributed by atoms with Crippen LogP contribution in [-0.2, 0) is 6.42 Å². The van der Waals surface area contributed by atoms with Crippen LogP contribution in [-0.4, -0.2) is 22.6 Å². The summed E-state index contributed by atoms with van der Waals surface area (Å²) < 4.78 is 0. The number of halogens is 1. The molecule has 1 aromatic carbocycles. The van der Waals surface area contributed by atoms with Crippen LogP contribution in [0.25, 0.3) is 0 Å². The number of hydrogen-bond acceptors (Lipinski definition) is 4. The molecule has 1 amide bonds. The van der Waals surface area contributed by atoms with Crippen LogP contribution in [0.2, 0.25) is 5.02 Å². The smallest absolute Gasteiger partial charge is 0.275 e. The standard InChI is InChI=1S/C14H14ClN3O2/c15-11-5-6-12(16)18-13(11)14(20)17-10-3-1-9(2-4-10)7-8-19/h1-6,19H,7-8H2,(H2,16,18)(H,17,20). The number of aromatic nitrogens is 1. The number of nitrogens with two attached hydrogens (primary N) is 1. The Morgan fingerprint density at radius 2 is 1.95 bits per heavy atom. The third-order valence-electron chi connectivity index (χ3n) is 2.69. The lowest BCUT2D eigenvalue weighted by molar-refractivity contribution is 0.102. The maximum absolute atomic E-state index is 12.0. The Morgan fingerprint density at radius 1 is 1.25 bits per heavy atom. The van der Waals surface area contributed by atoms with Gasteiger partial charge in [0.1, 0.15) is 11.5 Å². The molecule has 2 rings (SSSR count). The summed E-state index contributed by atoms with van der Waals surface area (Å²) in [5.41, 5.74) is 7.24. The van der Waals surface area contributed by atoms with Gasteiger partial charge in [0, 0.05) is 12.3 Å². The predicted octanol–water partition coefficient (Wildman–Crippen LogP) is 2.10. The van der Waals surface area contributed by atoms with Gasteiger partial charge in [0.15, 0.2) is 0 Å². The van der Waals surface area contributed by atoms with Gasteiger partial charge in [0.05, 0.1) is 5.02 Å². The number of nitrogen functional groups attached to an aromatic ring is 1. The molecule has 0 radical (unpaired) electrons. The maximum Gasteiger partial charge on any atom is 0.275 e. The summed E-state index contributed by atoms with van der Waals surface area (Å²) in [5, 5.41) is 11.8. The molecule has 0 atom stereocenters. The topological polar surface area (TPSA) is 88.2 Å². The molecule has 0 spiro atoms. The van der Waals surface area contributed by atoms with E-state index in [4.69, 9.17) is 22.4 Å². The average molecular weight is 292 g/mol. The molecular formula is C14H14ClN3O2. The summed E-state index contributed by atoms with van der Waals surface area (Å²) in [6.07, 6.45) is 0.580. The third-order valence-corrected chi connectivity index (χ3v) is 3.00. The monoisotopic (exact) mass is 291 g/mol. The van der Waals surface area contributed by atoms with E-state index in [0.29, 0.717) is 12.1 Å². The molecule has 20 heavy (non-hydrogen) atoms. The van der Waals surface area contributed by atoms with Gasteiger partial charge < -0.3 is 16.2 Å². The van der Waals surface area contributed by atoms with E-state index in [1.807, 2.05) is 12.1 Å². The van der Waals surface area contributed by atoms with Gasteiger partial charge in [-0.3, -0.25) is 4.79 Å². The van der Waals surface area contributed by atoms with Crippen molar-refractivity contribution in [3.8, 4) is 0 Å². The second kappa shape index (κ2) is 6.36. The number of aliphatic hydroxyl groups excluding tert-OH is 1. The first-order valence-electron chi connectivity index (χ1n) is 6.03. The van der Waals surface area contributed by atoms with Gasteiger partial charge in [-0.05, 0) is 36.2 Å². The van der Waals surface area contributed by atoms with Crippen LogP contribution in [0.1, 0.15) is 16.1 Å². The highest BCUT2D eigenvalue weighted by Crippen LogP contribution is 2.17. The molecule has 0 aliphatic carbocycles. The largest absolute Gasteiger partial charge is 0.396 e. The van der Waals surface area contributed by atoms with E-state index in [2.05, 4.69) is 10.3 Å². The molecule has 0 saturated heterocycles. The van der Waals surface area contributed by atoms with E-state index in [-0.39, 0.29) is 23.1 Å². The fraction of sp³-hybridized carbons (Fsp3) is 0.143. The van der Waals surface area contributed by atoms with Crippen molar-refractivity contribution < 1.29 is 9.90 Å². The molecule has 0 saturated carbocycles. The third kappa shape index (κ3) is 3.46. The molecule has 104 valence electrons. The number of carbonyl (C=O) groups is 1. The molecule has 2 aromatic rings. The Bertz CT molecular complexity index is 614. The summed E-state index contributed by atoms with van der Waals surface area (Å²) in [6.45, 7) is 0.0918. The van der Waals surface area contributed by atoms with Crippen LogP contribution in [0.4, 0.5) is 11.5 Å². The van der Waals surface area contributed by atoms with Gasteiger partial charge in [-0.2, -0.15) is 0 Å². The number of aliphatic hydroxyl groups is 1. The van der Waals surface area contributed by atoms with E-state index in [0.717, 1.165) is 5.56 Å². The Morgan fingerprint density at radius 3 is 2.60 bits per heavy atom. The molecule has 0 aliphatic rings. The normalized spacial score (nSPS) is 10.3. The van der Waals surface area contributed by atoms with Gasteiger partial charge in [0.25, 0.3) is 5.91 Å². The van der Waals surface area contributed by atoms with Crippen molar-refractivity contribution >= 4 is 29.0 Å². The van der Waals surface area contributed by atoms with E-state index < -0.39 is 5.91 Å². The molecule has 6 heteroatoms. The summed E-state index contributed by atoms with van der Waals surface area (Å²) in [4.78, 5) is 16.0. The molecule has 0 bridgehead atoms. The fourth-order valence-corrected chi connectivity index (χ4v) is 1.88. The highest BCUT2D eigenvalue weighted by molar-refractivity contribution is 6.34. The van der Waals surface area contributed by atoms with E-state index >= 15 is 0 Å². The second-order valence-electron chi connectivity index (χ2n) is 4.19. The van der Waals surface area contributed by atoms with Crippen molar-refractivity contribution in [1.82, 2.24) is 4.98 Å². The molecule has 1 aromatic heterocycles. The number of hydrogen-bond donors (Lipinski definition) is 3. The Kier molecular flexibility index (Phi) is 4.55. The number of rotatable bonds is 4. The van der Waals surface area contributed by atoms with Crippen LogP contribution in [0.5, 0.6) is 0 Å². The van der Waals surface area contributed by atoms with Crippen molar-refractivity contribution in [3.63, 3.8) is 0 Å². The summed E-state index contributed by atoms with van der Waals surface area (Å²) in [6, 6.07) is 10.2. The number of carbonyl (C=O) groups excluding carboxylic acids is 1. The van der Waals surface area contributed by atoms with Crippen LogP contribution in [0, 0.1) is 0 Å². The summed E-state index contributed by atoms with van der Waals surface area (Å²) in [7, 11) is 0. The van der Waals surface area contributed by atoms with Crippen molar-refractivity contribution in [2.45, 2.75) is 6.42 Å². The van der Waals surface area contributed by atoms with Gasteiger partial charge in [0.2, 0.25) is 0 Å². The Balaban J connectivity index is 2.13. The lowest BCUT2D eigenvalue weighted by Crippen LogP contribution is -2.15. The number of pyridine rings is 1. The van der Waals surface area contributed by atoms with Crippen LogP contribution in [0.3, 0.4) is 0 Å². The second-order valence-corrected chi connectivity index (χ2v) is 4.60. The maximum atomic E-state index is 12.0. The van der Waals surface area contributed by atoms with E-state index in [1.54, 1.807) is 12.1 Å². The van der Waals surface area contributed by atoms with Crippen LogP contribution >= 0.6 is 11.6 Å². The van der Waals surface area contributed by atoms with Crippen molar-refractivity contribution in [1.29, 1.82) is 0 Å². The lowest BCUT2D eigenvalue weighted by Gasteiger charge is -2.07. The zero-order valence-corrected chi connectivity index (χ0v) is 11.4. The Labute approximate surface area is 121 Å². The first-order valence-corrected chi connectivity index (χ1v) is 6.41. The minimum atomic E-state index is -0.419. The zero-order chi connectivity index (χ0) is 14.5. The first kappa shape index (κ1) is 14.3. The molecule has 5 nitrogen and oxygen atoms in total. The summed E-state index contributed by atoms with van der Waals surface area (Å²) in [5.74, 6) is -0.185. The van der Waals surface area contributed by atoms with Crippen molar-refractivity contribution in [2.75, 3.05) is 17.7 Å². The minimum Gasteiger partial charge on any atom is -0.396 e. The van der Waals surface area contributed by atoms with Crippen molar-refractivity contribution in [3.05, 3.63) is 52.7 Å². The summed E-state index contributed by atoms with van der Waals surface area (Å²) >= 11 is 5.92. The fourth-order valence-electron chi connectivity index (χ4n) is 1.69. The first-order chi connectivity index (χ1) is 9.60. The molecule has 0 unspecified atom stereocenters. The van der Waals surface area contributed by atoms with E-state index in [9.17, 15) is 4.79 Å². The number of nitrogens with one attached hydrogen (secondary N) is 1. The van der Waals surface area contributed by atoms with Gasteiger partial charge in [-0.25, -0.2) is 4.98 Å². The quantitative estimate of drug-likeness (QED) is 0.805. The minimum absolute atomic E-state index is 0.0890. The molecular weight excluding hydrogens is 278 g/mol. The number of benzene rings is 1. The molecule has 1 heterocycles. The predicted molar refractivity (Wildman–Crippen MR) is 78.8 cm³/mol. The lowest BCUT2D eigenvalue weighted by atomic mass is 10.1. The number of nitrogens with zero attached hydrogens (tertiary/aromatic N) is 1. The van der Waals surface area contributed by atoms with Gasteiger partial charge in [-0.15, -0.1) is 0 Å². The van der Waals surface area contributed by atoms with Gasteiger partial charge in [-0.1, -0.05) is 23.7 Å². The van der Waals surface area contributed by atoms with Crippen LogP contribution in [0.15, 0.2) is 36.4 Å². The molecule has 4 N–H and O–H groups in total. The Hall–Kier alpha value is -2.11. The average Bonchev–Trinajstić information content (AvgIpc) is 2.44. The van der Waals surface area contributed by atoms with Gasteiger partial charge >= 0.3 is 0 Å². The number of anilines is 2. The van der Waals surface area contributed by atoms with E-state index in [1.165, 1.54) is 12.1 Å². The highest BCUT2D eigenvalue weighted by Gasteiger charge is 2.12. The number of amides is 1. The zero-order valence-electron chi connectivity index (χ0n) is 10.6. The SMILES string of the molecule is Nc1ccc(Cl)c(C(=O)Nc2ccc(CCO)cc2)n1. The van der Waals surface area contributed by atoms with Crippen molar-refractivity contribution in [2.24, 2.45) is 0 Å². The molecule has 0 aliphatic heterocycles. The van der Waals surface area contributed by atoms with Crippen LogP contribution < -0.4 is 11.1 Å².